The van der Waals surface area contributed by atoms with E-state index in [-0.39, 0.29) is 29.9 Å². The van der Waals surface area contributed by atoms with Gasteiger partial charge < -0.3 is 18.6 Å². The molecule has 0 bridgehead atoms. The fourth-order valence-electron chi connectivity index (χ4n) is 3.61. The average Bonchev–Trinajstić information content (AvgIpc) is 2.84. The van der Waals surface area contributed by atoms with Gasteiger partial charge in [0, 0.05) is 28.1 Å². The van der Waals surface area contributed by atoms with Crippen LogP contribution < -0.4 is 9.08 Å². The Morgan fingerprint density at radius 3 is 1.95 bits per heavy atom. The number of rotatable bonds is 8. The van der Waals surface area contributed by atoms with Gasteiger partial charge in [-0.2, -0.15) is 21.6 Å². The number of esters is 2. The zero-order chi connectivity index (χ0) is 28.3. The minimum atomic E-state index is -6.08. The quantitative estimate of drug-likeness (QED) is 0.218. The average molecular weight is 618 g/mol. The second-order valence-electron chi connectivity index (χ2n) is 7.95. The van der Waals surface area contributed by atoms with Crippen molar-refractivity contribution in [3.63, 3.8) is 0 Å². The summed E-state index contributed by atoms with van der Waals surface area (Å²) in [6.45, 7) is 4.89. The number of anilines is 1. The van der Waals surface area contributed by atoms with Crippen LogP contribution in [0.15, 0.2) is 70.5 Å². The summed E-state index contributed by atoms with van der Waals surface area (Å²) < 4.78 is 78.3. The van der Waals surface area contributed by atoms with Crippen LogP contribution in [0, 0.1) is 6.92 Å². The molecule has 0 unspecified atom stereocenters. The number of carbonyl (C=O) groups excluding carboxylic acids is 2. The van der Waals surface area contributed by atoms with Crippen molar-refractivity contribution < 1.29 is 44.8 Å². The van der Waals surface area contributed by atoms with E-state index in [1.54, 1.807) is 38.1 Å². The summed E-state index contributed by atoms with van der Waals surface area (Å²) in [6, 6.07) is 10.6. The Bertz CT molecular complexity index is 1350. The lowest BCUT2D eigenvalue weighted by Crippen LogP contribution is -2.31. The van der Waals surface area contributed by atoms with Gasteiger partial charge >= 0.3 is 27.6 Å². The van der Waals surface area contributed by atoms with Gasteiger partial charge in [-0.05, 0) is 51.1 Å². The van der Waals surface area contributed by atoms with E-state index in [2.05, 4.69) is 20.1 Å². The first-order valence-electron chi connectivity index (χ1n) is 11.2. The number of alkyl halides is 3. The van der Waals surface area contributed by atoms with Gasteiger partial charge in [-0.1, -0.05) is 33.6 Å². The first kappa shape index (κ1) is 29.2. The van der Waals surface area contributed by atoms with Crippen LogP contribution in [0.25, 0.3) is 0 Å². The topological polar surface area (TPSA) is 99.2 Å². The molecule has 1 aliphatic heterocycles. The smallest absolute Gasteiger partial charge is 0.463 e. The molecule has 204 valence electrons. The van der Waals surface area contributed by atoms with Gasteiger partial charge in [0.2, 0.25) is 0 Å². The summed E-state index contributed by atoms with van der Waals surface area (Å²) >= 11 is 3.20. The molecule has 0 atom stereocenters. The van der Waals surface area contributed by atoms with E-state index in [1.165, 1.54) is 29.4 Å². The molecule has 0 radical (unpaired) electrons. The predicted octanol–water partition coefficient (Wildman–Crippen LogP) is 5.48. The van der Waals surface area contributed by atoms with Crippen molar-refractivity contribution in [3.05, 3.63) is 81.6 Å². The van der Waals surface area contributed by atoms with Crippen molar-refractivity contribution in [1.29, 1.82) is 0 Å². The molecule has 2 aromatic carbocycles. The Morgan fingerprint density at radius 1 is 0.947 bits per heavy atom. The maximum absolute atomic E-state index is 13.2. The Labute approximate surface area is 225 Å². The number of ether oxygens (including phenoxy) is 2. The third-order valence-corrected chi connectivity index (χ3v) is 6.76. The SMILES string of the molecule is CCOC(=O)C1=CN(c2ccc(C)cc2)C=C(C(=O)OCC)C1c1cc(Br)ccc1OS(=O)(=O)C(F)(F)F. The second kappa shape index (κ2) is 11.6. The summed E-state index contributed by atoms with van der Waals surface area (Å²) in [6.07, 6.45) is 2.72. The largest absolute Gasteiger partial charge is 0.534 e. The first-order valence-corrected chi connectivity index (χ1v) is 13.4. The normalized spacial score (nSPS) is 14.4. The fourth-order valence-corrected chi connectivity index (χ4v) is 4.47. The van der Waals surface area contributed by atoms with Crippen LogP contribution in [-0.4, -0.2) is 39.1 Å². The lowest BCUT2D eigenvalue weighted by atomic mass is 9.82. The molecule has 0 aromatic heterocycles. The number of hydrogen-bond donors (Lipinski definition) is 0. The van der Waals surface area contributed by atoms with E-state index in [0.717, 1.165) is 11.6 Å². The predicted molar refractivity (Wildman–Crippen MR) is 136 cm³/mol. The van der Waals surface area contributed by atoms with Crippen LogP contribution in [0.3, 0.4) is 0 Å². The molecule has 13 heteroatoms. The zero-order valence-corrected chi connectivity index (χ0v) is 22.8. The van der Waals surface area contributed by atoms with E-state index < -0.39 is 39.2 Å². The lowest BCUT2D eigenvalue weighted by Gasteiger charge is -2.31. The molecule has 2 aromatic rings. The van der Waals surface area contributed by atoms with Crippen molar-refractivity contribution in [2.75, 3.05) is 18.1 Å². The first-order chi connectivity index (χ1) is 17.8. The van der Waals surface area contributed by atoms with Crippen LogP contribution >= 0.6 is 15.9 Å². The number of hydrogen-bond acceptors (Lipinski definition) is 8. The van der Waals surface area contributed by atoms with E-state index in [1.807, 2.05) is 6.92 Å². The van der Waals surface area contributed by atoms with Crippen LogP contribution in [0.4, 0.5) is 18.9 Å². The van der Waals surface area contributed by atoms with Gasteiger partial charge in [0.25, 0.3) is 0 Å². The van der Waals surface area contributed by atoms with Crippen molar-refractivity contribution >= 4 is 43.7 Å². The van der Waals surface area contributed by atoms with E-state index in [0.29, 0.717) is 10.2 Å². The highest BCUT2D eigenvalue weighted by molar-refractivity contribution is 9.10. The summed E-state index contributed by atoms with van der Waals surface area (Å²) in [5.74, 6) is -3.89. The van der Waals surface area contributed by atoms with Gasteiger partial charge in [-0.15, -0.1) is 0 Å². The molecular weight excluding hydrogens is 595 g/mol. The summed E-state index contributed by atoms with van der Waals surface area (Å²) in [5, 5.41) is 0. The van der Waals surface area contributed by atoms with Crippen LogP contribution in [0.2, 0.25) is 0 Å². The molecular formula is C25H23BrF3NO7S. The molecule has 0 saturated heterocycles. The molecule has 3 rings (SSSR count). The maximum Gasteiger partial charge on any atom is 0.534 e. The van der Waals surface area contributed by atoms with Crippen molar-refractivity contribution in [2.24, 2.45) is 0 Å². The summed E-state index contributed by atoms with van der Waals surface area (Å²) in [7, 11) is -6.08. The molecule has 0 aliphatic carbocycles. The highest BCUT2D eigenvalue weighted by atomic mass is 79.9. The van der Waals surface area contributed by atoms with Crippen LogP contribution in [0.5, 0.6) is 5.75 Å². The molecule has 0 spiro atoms. The Kier molecular flexibility index (Phi) is 8.93. The molecule has 38 heavy (non-hydrogen) atoms. The minimum absolute atomic E-state index is 0.0455. The number of benzene rings is 2. The second-order valence-corrected chi connectivity index (χ2v) is 10.4. The summed E-state index contributed by atoms with van der Waals surface area (Å²) in [4.78, 5) is 27.7. The van der Waals surface area contributed by atoms with Gasteiger partial charge in [0.15, 0.2) is 0 Å². The Hall–Kier alpha value is -3.32. The number of carbonyl (C=O) groups is 2. The third kappa shape index (κ3) is 6.38. The van der Waals surface area contributed by atoms with Crippen molar-refractivity contribution in [3.8, 4) is 5.75 Å². The van der Waals surface area contributed by atoms with Gasteiger partial charge in [0.05, 0.1) is 30.3 Å². The van der Waals surface area contributed by atoms with Crippen LogP contribution in [0.1, 0.15) is 30.9 Å². The van der Waals surface area contributed by atoms with Crippen LogP contribution in [-0.2, 0) is 29.2 Å². The van der Waals surface area contributed by atoms with Gasteiger partial charge in [0.1, 0.15) is 5.75 Å². The van der Waals surface area contributed by atoms with E-state index in [9.17, 15) is 31.2 Å². The summed E-state index contributed by atoms with van der Waals surface area (Å²) in [5.41, 5.74) is -4.74. The Morgan fingerprint density at radius 2 is 1.47 bits per heavy atom. The monoisotopic (exact) mass is 617 g/mol. The number of nitrogens with zero attached hydrogens (tertiary/aromatic N) is 1. The third-order valence-electron chi connectivity index (χ3n) is 5.30. The molecule has 0 fully saturated rings. The molecule has 0 N–H and O–H groups in total. The highest BCUT2D eigenvalue weighted by Gasteiger charge is 2.49. The maximum atomic E-state index is 13.2. The van der Waals surface area contributed by atoms with Gasteiger partial charge in [-0.3, -0.25) is 0 Å². The number of aryl methyl sites for hydroxylation is 1. The Balaban J connectivity index is 2.28. The lowest BCUT2D eigenvalue weighted by molar-refractivity contribution is -0.139. The standard InChI is InChI=1S/C25H23BrF3NO7S/c1-4-35-23(31)19-13-30(17-9-6-15(3)7-10-17)14-20(24(32)36-5-2)22(19)18-12-16(26)8-11-21(18)37-38(33,34)25(27,28)29/h6-14,22H,4-5H2,1-3H3. The molecule has 1 heterocycles. The molecule has 1 aliphatic rings. The fraction of sp³-hybridized carbons (Fsp3) is 0.280. The molecule has 8 nitrogen and oxygen atoms in total. The minimum Gasteiger partial charge on any atom is -0.463 e. The molecule has 0 amide bonds. The highest BCUT2D eigenvalue weighted by Crippen LogP contribution is 2.44. The van der Waals surface area contributed by atoms with Gasteiger partial charge in [-0.25, -0.2) is 9.59 Å². The zero-order valence-electron chi connectivity index (χ0n) is 20.4. The van der Waals surface area contributed by atoms with E-state index >= 15 is 0 Å². The van der Waals surface area contributed by atoms with Crippen molar-refractivity contribution in [2.45, 2.75) is 32.2 Å². The van der Waals surface area contributed by atoms with Crippen molar-refractivity contribution in [1.82, 2.24) is 0 Å². The number of halogens is 4. The van der Waals surface area contributed by atoms with E-state index in [4.69, 9.17) is 9.47 Å². The molecule has 0 saturated carbocycles.